The molecule has 1 atom stereocenters. The van der Waals surface area contributed by atoms with Crippen molar-refractivity contribution in [1.82, 2.24) is 10.2 Å². The summed E-state index contributed by atoms with van der Waals surface area (Å²) in [6.45, 7) is 11.1. The predicted molar refractivity (Wildman–Crippen MR) is 86.2 cm³/mol. The molecule has 0 bridgehead atoms. The van der Waals surface area contributed by atoms with Crippen LogP contribution in [0.3, 0.4) is 0 Å². The fourth-order valence-corrected chi connectivity index (χ4v) is 2.17. The first-order chi connectivity index (χ1) is 9.97. The zero-order valence-electron chi connectivity index (χ0n) is 13.2. The van der Waals surface area contributed by atoms with Crippen LogP contribution in [0.5, 0.6) is 0 Å². The van der Waals surface area contributed by atoms with E-state index in [1.54, 1.807) is 6.08 Å². The summed E-state index contributed by atoms with van der Waals surface area (Å²) in [6.07, 6.45) is 1.73. The Bertz CT molecular complexity index is 486. The van der Waals surface area contributed by atoms with E-state index in [9.17, 15) is 4.79 Å². The van der Waals surface area contributed by atoms with Crippen molar-refractivity contribution in [3.05, 3.63) is 47.5 Å². The number of benzene rings is 1. The molecule has 0 aliphatic rings. The number of aliphatic hydroxyl groups is 1. The number of hydrogen-bond donors (Lipinski definition) is 2. The molecule has 0 spiro atoms. The molecule has 0 aromatic heterocycles. The molecule has 1 amide bonds. The van der Waals surface area contributed by atoms with Gasteiger partial charge in [0.15, 0.2) is 0 Å². The average molecular weight is 290 g/mol. The summed E-state index contributed by atoms with van der Waals surface area (Å²) in [6, 6.07) is 6.19. The summed E-state index contributed by atoms with van der Waals surface area (Å²) in [5.74, 6) is -0.0453. The molecule has 0 heterocycles. The van der Waals surface area contributed by atoms with Gasteiger partial charge >= 0.3 is 0 Å². The molecule has 1 aromatic rings. The molecule has 0 radical (unpaired) electrons. The molecule has 1 rings (SSSR count). The summed E-state index contributed by atoms with van der Waals surface area (Å²) < 4.78 is 0. The maximum Gasteiger partial charge on any atom is 0.234 e. The Labute approximate surface area is 127 Å². The summed E-state index contributed by atoms with van der Waals surface area (Å²) in [7, 11) is 0. The molecular formula is C17H26N2O2. The lowest BCUT2D eigenvalue weighted by atomic mass is 10.0. The second-order valence-corrected chi connectivity index (χ2v) is 5.38. The summed E-state index contributed by atoms with van der Waals surface area (Å²) >= 11 is 0. The largest absolute Gasteiger partial charge is 0.395 e. The fraction of sp³-hybridized carbons (Fsp3) is 0.471. The van der Waals surface area contributed by atoms with Crippen LogP contribution < -0.4 is 5.32 Å². The smallest absolute Gasteiger partial charge is 0.234 e. The van der Waals surface area contributed by atoms with Crippen molar-refractivity contribution in [3.8, 4) is 0 Å². The lowest BCUT2D eigenvalue weighted by Gasteiger charge is -2.21. The zero-order valence-corrected chi connectivity index (χ0v) is 13.2. The van der Waals surface area contributed by atoms with Crippen molar-refractivity contribution in [1.29, 1.82) is 0 Å². The highest BCUT2D eigenvalue weighted by atomic mass is 16.3. The van der Waals surface area contributed by atoms with Crippen molar-refractivity contribution in [2.45, 2.75) is 26.8 Å². The van der Waals surface area contributed by atoms with Crippen LogP contribution in [-0.4, -0.2) is 42.2 Å². The maximum absolute atomic E-state index is 12.1. The minimum absolute atomic E-state index is 0.0310. The van der Waals surface area contributed by atoms with E-state index in [2.05, 4.69) is 37.9 Å². The number of nitrogens with one attached hydrogen (secondary N) is 1. The topological polar surface area (TPSA) is 52.6 Å². The van der Waals surface area contributed by atoms with Crippen molar-refractivity contribution in [3.63, 3.8) is 0 Å². The Kier molecular flexibility index (Phi) is 7.12. The SMILES string of the molecule is C=CCN(CCO)CC(=O)NC(C)c1ccc(C)c(C)c1. The van der Waals surface area contributed by atoms with Crippen LogP contribution in [0, 0.1) is 13.8 Å². The first-order valence-corrected chi connectivity index (χ1v) is 7.28. The predicted octanol–water partition coefficient (Wildman–Crippen LogP) is 1.96. The van der Waals surface area contributed by atoms with Gasteiger partial charge in [0.25, 0.3) is 0 Å². The van der Waals surface area contributed by atoms with E-state index in [0.29, 0.717) is 13.1 Å². The third-order valence-electron chi connectivity index (χ3n) is 3.58. The Hall–Kier alpha value is -1.65. The van der Waals surface area contributed by atoms with E-state index >= 15 is 0 Å². The van der Waals surface area contributed by atoms with Crippen molar-refractivity contribution in [2.75, 3.05) is 26.2 Å². The molecule has 0 fully saturated rings. The molecule has 1 unspecified atom stereocenters. The van der Waals surface area contributed by atoms with Crippen LogP contribution in [0.15, 0.2) is 30.9 Å². The molecule has 21 heavy (non-hydrogen) atoms. The van der Waals surface area contributed by atoms with E-state index in [1.807, 2.05) is 17.9 Å². The third-order valence-corrected chi connectivity index (χ3v) is 3.58. The number of rotatable bonds is 8. The first-order valence-electron chi connectivity index (χ1n) is 7.28. The molecule has 0 saturated carbocycles. The van der Waals surface area contributed by atoms with Gasteiger partial charge < -0.3 is 10.4 Å². The molecule has 0 aliphatic heterocycles. The van der Waals surface area contributed by atoms with Gasteiger partial charge in [-0.25, -0.2) is 0 Å². The molecule has 0 aliphatic carbocycles. The van der Waals surface area contributed by atoms with Gasteiger partial charge in [0.1, 0.15) is 0 Å². The molecule has 1 aromatic carbocycles. The van der Waals surface area contributed by atoms with Crippen LogP contribution in [0.25, 0.3) is 0 Å². The minimum Gasteiger partial charge on any atom is -0.395 e. The van der Waals surface area contributed by atoms with Gasteiger partial charge in [-0.1, -0.05) is 24.3 Å². The molecule has 2 N–H and O–H groups in total. The quantitative estimate of drug-likeness (QED) is 0.720. The number of hydrogen-bond acceptors (Lipinski definition) is 3. The number of amides is 1. The van der Waals surface area contributed by atoms with Gasteiger partial charge in [-0.2, -0.15) is 0 Å². The van der Waals surface area contributed by atoms with E-state index in [0.717, 1.165) is 5.56 Å². The number of aryl methyl sites for hydroxylation is 2. The van der Waals surface area contributed by atoms with Gasteiger partial charge in [-0.05, 0) is 37.5 Å². The maximum atomic E-state index is 12.1. The summed E-state index contributed by atoms with van der Waals surface area (Å²) in [5.41, 5.74) is 3.57. The van der Waals surface area contributed by atoms with Crippen LogP contribution in [0.1, 0.15) is 29.7 Å². The molecular weight excluding hydrogens is 264 g/mol. The van der Waals surface area contributed by atoms with E-state index in [4.69, 9.17) is 5.11 Å². The highest BCUT2D eigenvalue weighted by Crippen LogP contribution is 2.16. The monoisotopic (exact) mass is 290 g/mol. The van der Waals surface area contributed by atoms with Gasteiger partial charge in [-0.3, -0.25) is 9.69 Å². The Morgan fingerprint density at radius 2 is 2.14 bits per heavy atom. The van der Waals surface area contributed by atoms with Gasteiger partial charge in [0, 0.05) is 13.1 Å². The van der Waals surface area contributed by atoms with Crippen LogP contribution in [0.2, 0.25) is 0 Å². The normalized spacial score (nSPS) is 12.2. The van der Waals surface area contributed by atoms with Crippen LogP contribution in [-0.2, 0) is 4.79 Å². The second kappa shape index (κ2) is 8.60. The van der Waals surface area contributed by atoms with E-state index < -0.39 is 0 Å². The van der Waals surface area contributed by atoms with Crippen LogP contribution in [0.4, 0.5) is 0 Å². The van der Waals surface area contributed by atoms with Gasteiger partial charge in [-0.15, -0.1) is 6.58 Å². The molecule has 116 valence electrons. The van der Waals surface area contributed by atoms with Crippen molar-refractivity contribution >= 4 is 5.91 Å². The first kappa shape index (κ1) is 17.4. The highest BCUT2D eigenvalue weighted by molar-refractivity contribution is 5.78. The fourth-order valence-electron chi connectivity index (χ4n) is 2.17. The van der Waals surface area contributed by atoms with E-state index in [-0.39, 0.29) is 25.1 Å². The second-order valence-electron chi connectivity index (χ2n) is 5.38. The Balaban J connectivity index is 2.60. The number of aliphatic hydroxyl groups excluding tert-OH is 1. The summed E-state index contributed by atoms with van der Waals surface area (Å²) in [4.78, 5) is 13.9. The number of carbonyl (C=O) groups excluding carboxylic acids is 1. The number of carbonyl (C=O) groups is 1. The Morgan fingerprint density at radius 3 is 2.71 bits per heavy atom. The van der Waals surface area contributed by atoms with Gasteiger partial charge in [0.05, 0.1) is 19.2 Å². The van der Waals surface area contributed by atoms with Gasteiger partial charge in [0.2, 0.25) is 5.91 Å². The van der Waals surface area contributed by atoms with Crippen molar-refractivity contribution < 1.29 is 9.90 Å². The lowest BCUT2D eigenvalue weighted by molar-refractivity contribution is -0.122. The number of nitrogens with zero attached hydrogens (tertiary/aromatic N) is 1. The Morgan fingerprint density at radius 1 is 1.43 bits per heavy atom. The van der Waals surface area contributed by atoms with Crippen molar-refractivity contribution in [2.24, 2.45) is 0 Å². The molecule has 4 nitrogen and oxygen atoms in total. The van der Waals surface area contributed by atoms with Crippen LogP contribution >= 0.6 is 0 Å². The highest BCUT2D eigenvalue weighted by Gasteiger charge is 2.13. The standard InChI is InChI=1S/C17H26N2O2/c1-5-8-19(9-10-20)12-17(21)18-15(4)16-7-6-13(2)14(3)11-16/h5-7,11,15,20H,1,8-10,12H2,2-4H3,(H,18,21). The minimum atomic E-state index is -0.0453. The average Bonchev–Trinajstić information content (AvgIpc) is 2.42. The summed E-state index contributed by atoms with van der Waals surface area (Å²) in [5, 5.41) is 12.0. The molecule has 0 saturated heterocycles. The third kappa shape index (κ3) is 5.69. The zero-order chi connectivity index (χ0) is 15.8. The van der Waals surface area contributed by atoms with E-state index in [1.165, 1.54) is 11.1 Å². The molecule has 4 heteroatoms. The lowest BCUT2D eigenvalue weighted by Crippen LogP contribution is -2.39.